The van der Waals surface area contributed by atoms with Crippen molar-refractivity contribution in [3.63, 3.8) is 0 Å². The molecular formula is C13H8Br2N2. The van der Waals surface area contributed by atoms with Gasteiger partial charge < -0.3 is 4.98 Å². The highest BCUT2D eigenvalue weighted by Gasteiger charge is 2.06. The molecule has 0 saturated carbocycles. The summed E-state index contributed by atoms with van der Waals surface area (Å²) >= 11 is 6.96. The van der Waals surface area contributed by atoms with Crippen LogP contribution in [-0.2, 0) is 0 Å². The predicted octanol–water partition coefficient (Wildman–Crippen LogP) is 4.75. The third kappa shape index (κ3) is 2.15. The molecule has 4 heteroatoms. The maximum atomic E-state index is 4.57. The van der Waals surface area contributed by atoms with Gasteiger partial charge in [-0.1, -0.05) is 44.0 Å². The van der Waals surface area contributed by atoms with E-state index in [9.17, 15) is 0 Å². The van der Waals surface area contributed by atoms with Crippen LogP contribution in [0.4, 0.5) is 0 Å². The molecule has 17 heavy (non-hydrogen) atoms. The molecule has 0 spiro atoms. The summed E-state index contributed by atoms with van der Waals surface area (Å²) in [5.41, 5.74) is 3.10. The predicted molar refractivity (Wildman–Crippen MR) is 76.9 cm³/mol. The zero-order valence-electron chi connectivity index (χ0n) is 8.74. The SMILES string of the molecule is Brc1cc(Br)cc(-c2nc3ccccc3[nH]2)c1. The quantitative estimate of drug-likeness (QED) is 0.673. The topological polar surface area (TPSA) is 28.7 Å². The Morgan fingerprint density at radius 2 is 1.65 bits per heavy atom. The Morgan fingerprint density at radius 3 is 2.35 bits per heavy atom. The van der Waals surface area contributed by atoms with Crippen molar-refractivity contribution in [2.75, 3.05) is 0 Å². The van der Waals surface area contributed by atoms with Gasteiger partial charge in [-0.2, -0.15) is 0 Å². The van der Waals surface area contributed by atoms with Gasteiger partial charge in [0.2, 0.25) is 0 Å². The van der Waals surface area contributed by atoms with Crippen LogP contribution < -0.4 is 0 Å². The Kier molecular flexibility index (Phi) is 2.76. The number of H-pyrrole nitrogens is 1. The second-order valence-corrected chi connectivity index (χ2v) is 5.59. The van der Waals surface area contributed by atoms with Crippen LogP contribution in [0.25, 0.3) is 22.4 Å². The van der Waals surface area contributed by atoms with E-state index in [0.29, 0.717) is 0 Å². The Morgan fingerprint density at radius 1 is 0.941 bits per heavy atom. The number of hydrogen-bond donors (Lipinski definition) is 1. The zero-order valence-corrected chi connectivity index (χ0v) is 11.9. The fraction of sp³-hybridized carbons (Fsp3) is 0. The van der Waals surface area contributed by atoms with Gasteiger partial charge in [-0.05, 0) is 30.3 Å². The lowest BCUT2D eigenvalue weighted by Crippen LogP contribution is -1.80. The Labute approximate surface area is 115 Å². The number of hydrogen-bond acceptors (Lipinski definition) is 1. The van der Waals surface area contributed by atoms with Gasteiger partial charge in [0.05, 0.1) is 11.0 Å². The summed E-state index contributed by atoms with van der Waals surface area (Å²) in [7, 11) is 0. The molecule has 0 aliphatic carbocycles. The summed E-state index contributed by atoms with van der Waals surface area (Å²) in [6.45, 7) is 0. The van der Waals surface area contributed by atoms with Crippen LogP contribution in [-0.4, -0.2) is 9.97 Å². The molecule has 0 amide bonds. The molecule has 0 radical (unpaired) electrons. The van der Waals surface area contributed by atoms with E-state index in [1.807, 2.05) is 42.5 Å². The molecule has 0 atom stereocenters. The van der Waals surface area contributed by atoms with Gasteiger partial charge in [0.1, 0.15) is 5.82 Å². The first-order valence-corrected chi connectivity index (χ1v) is 6.72. The minimum atomic E-state index is 0.883. The van der Waals surface area contributed by atoms with Crippen LogP contribution in [0.2, 0.25) is 0 Å². The van der Waals surface area contributed by atoms with Crippen molar-refractivity contribution < 1.29 is 0 Å². The number of nitrogens with zero attached hydrogens (tertiary/aromatic N) is 1. The van der Waals surface area contributed by atoms with Crippen LogP contribution in [0, 0.1) is 0 Å². The van der Waals surface area contributed by atoms with E-state index in [4.69, 9.17) is 0 Å². The highest BCUT2D eigenvalue weighted by atomic mass is 79.9. The Balaban J connectivity index is 2.20. The van der Waals surface area contributed by atoms with E-state index in [1.165, 1.54) is 0 Å². The van der Waals surface area contributed by atoms with Gasteiger partial charge in [-0.25, -0.2) is 4.98 Å². The number of benzene rings is 2. The van der Waals surface area contributed by atoms with Crippen molar-refractivity contribution in [3.8, 4) is 11.4 Å². The molecule has 0 aliphatic rings. The summed E-state index contributed by atoms with van der Waals surface area (Å²) in [5, 5.41) is 0. The smallest absolute Gasteiger partial charge is 0.138 e. The summed E-state index contributed by atoms with van der Waals surface area (Å²) in [5.74, 6) is 0.883. The second kappa shape index (κ2) is 4.27. The normalized spacial score (nSPS) is 10.9. The standard InChI is InChI=1S/C13H8Br2N2/c14-9-5-8(6-10(15)7-9)13-16-11-3-1-2-4-12(11)17-13/h1-7H,(H,16,17). The first kappa shape index (κ1) is 11.0. The number of aromatic amines is 1. The largest absolute Gasteiger partial charge is 0.338 e. The number of aromatic nitrogens is 2. The lowest BCUT2D eigenvalue weighted by Gasteiger charge is -1.99. The number of rotatable bonds is 1. The molecule has 2 nitrogen and oxygen atoms in total. The molecule has 1 aromatic heterocycles. The number of fused-ring (bicyclic) bond motifs is 1. The first-order valence-electron chi connectivity index (χ1n) is 5.13. The van der Waals surface area contributed by atoms with Crippen molar-refractivity contribution in [2.45, 2.75) is 0 Å². The van der Waals surface area contributed by atoms with E-state index in [1.54, 1.807) is 0 Å². The van der Waals surface area contributed by atoms with Crippen molar-refractivity contribution >= 4 is 42.9 Å². The van der Waals surface area contributed by atoms with Crippen molar-refractivity contribution in [1.29, 1.82) is 0 Å². The van der Waals surface area contributed by atoms with Crippen LogP contribution in [0.1, 0.15) is 0 Å². The van der Waals surface area contributed by atoms with Crippen LogP contribution >= 0.6 is 31.9 Å². The van der Waals surface area contributed by atoms with Gasteiger partial charge in [-0.3, -0.25) is 0 Å². The minimum Gasteiger partial charge on any atom is -0.338 e. The second-order valence-electron chi connectivity index (χ2n) is 3.76. The Bertz CT molecular complexity index is 635. The lowest BCUT2D eigenvalue weighted by molar-refractivity contribution is 1.33. The molecule has 0 fully saturated rings. The van der Waals surface area contributed by atoms with E-state index in [-0.39, 0.29) is 0 Å². The first-order chi connectivity index (χ1) is 8.22. The van der Waals surface area contributed by atoms with E-state index >= 15 is 0 Å². The zero-order chi connectivity index (χ0) is 11.8. The average Bonchev–Trinajstić information content (AvgIpc) is 2.71. The number of halogens is 2. The molecule has 1 N–H and O–H groups in total. The van der Waals surface area contributed by atoms with Gasteiger partial charge >= 0.3 is 0 Å². The molecule has 0 bridgehead atoms. The summed E-state index contributed by atoms with van der Waals surface area (Å²) in [4.78, 5) is 7.88. The average molecular weight is 352 g/mol. The third-order valence-electron chi connectivity index (χ3n) is 2.53. The van der Waals surface area contributed by atoms with Crippen LogP contribution in [0.3, 0.4) is 0 Å². The van der Waals surface area contributed by atoms with Crippen molar-refractivity contribution in [1.82, 2.24) is 9.97 Å². The fourth-order valence-corrected chi connectivity index (χ4v) is 3.07. The Hall–Kier alpha value is -1.13. The minimum absolute atomic E-state index is 0.883. The van der Waals surface area contributed by atoms with E-state index in [2.05, 4.69) is 41.8 Å². The fourth-order valence-electron chi connectivity index (χ4n) is 1.78. The monoisotopic (exact) mass is 350 g/mol. The molecule has 0 aliphatic heterocycles. The maximum Gasteiger partial charge on any atom is 0.138 e. The van der Waals surface area contributed by atoms with Crippen molar-refractivity contribution in [2.24, 2.45) is 0 Å². The maximum absolute atomic E-state index is 4.57. The third-order valence-corrected chi connectivity index (χ3v) is 3.44. The van der Waals surface area contributed by atoms with Crippen LogP contribution in [0.5, 0.6) is 0 Å². The van der Waals surface area contributed by atoms with Crippen molar-refractivity contribution in [3.05, 3.63) is 51.4 Å². The summed E-state index contributed by atoms with van der Waals surface area (Å²) in [6.07, 6.45) is 0. The highest BCUT2D eigenvalue weighted by Crippen LogP contribution is 2.27. The van der Waals surface area contributed by atoms with E-state index < -0.39 is 0 Å². The summed E-state index contributed by atoms with van der Waals surface area (Å²) in [6, 6.07) is 14.1. The molecule has 0 saturated heterocycles. The molecular weight excluding hydrogens is 344 g/mol. The number of nitrogens with one attached hydrogen (secondary N) is 1. The molecule has 1 heterocycles. The van der Waals surface area contributed by atoms with Gasteiger partial charge in [0.15, 0.2) is 0 Å². The number of imidazole rings is 1. The summed E-state index contributed by atoms with van der Waals surface area (Å²) < 4.78 is 2.06. The molecule has 3 aromatic rings. The highest BCUT2D eigenvalue weighted by molar-refractivity contribution is 9.11. The van der Waals surface area contributed by atoms with Crippen LogP contribution in [0.15, 0.2) is 51.4 Å². The van der Waals surface area contributed by atoms with Gasteiger partial charge in [0, 0.05) is 14.5 Å². The molecule has 84 valence electrons. The van der Waals surface area contributed by atoms with Gasteiger partial charge in [0.25, 0.3) is 0 Å². The lowest BCUT2D eigenvalue weighted by atomic mass is 10.2. The molecule has 3 rings (SSSR count). The van der Waals surface area contributed by atoms with Gasteiger partial charge in [-0.15, -0.1) is 0 Å². The molecule has 2 aromatic carbocycles. The molecule has 0 unspecified atom stereocenters. The van der Waals surface area contributed by atoms with E-state index in [0.717, 1.165) is 31.4 Å². The number of para-hydroxylation sites is 2.